The van der Waals surface area contributed by atoms with Crippen LogP contribution in [0.3, 0.4) is 0 Å². The van der Waals surface area contributed by atoms with Crippen LogP contribution in [0.4, 0.5) is 0 Å². The van der Waals surface area contributed by atoms with Crippen molar-refractivity contribution in [2.24, 2.45) is 11.8 Å². The molecule has 3 unspecified atom stereocenters. The molecule has 1 rings (SSSR count). The molecule has 1 aliphatic carbocycles. The van der Waals surface area contributed by atoms with E-state index in [1.165, 1.54) is 25.7 Å². The van der Waals surface area contributed by atoms with Crippen LogP contribution in [0.15, 0.2) is 12.7 Å². The van der Waals surface area contributed by atoms with Crippen LogP contribution >= 0.6 is 0 Å². The molecule has 0 aliphatic heterocycles. The maximum Gasteiger partial charge on any atom is 0.0602 e. The largest absolute Gasteiger partial charge is 0.393 e. The third kappa shape index (κ3) is 2.34. The SMILES string of the molecule is C=CCC(O)C1CCC(CC)C1. The zero-order valence-electron chi connectivity index (χ0n) is 8.00. The van der Waals surface area contributed by atoms with Gasteiger partial charge in [0.15, 0.2) is 0 Å². The van der Waals surface area contributed by atoms with Crippen molar-refractivity contribution in [3.63, 3.8) is 0 Å². The second-order valence-electron chi connectivity index (χ2n) is 3.94. The maximum absolute atomic E-state index is 9.69. The Labute approximate surface area is 75.5 Å². The standard InChI is InChI=1S/C11H20O/c1-3-5-11(12)10-7-6-9(4-2)8-10/h3,9-12H,1,4-8H2,2H3. The van der Waals surface area contributed by atoms with Crippen molar-refractivity contribution in [3.05, 3.63) is 12.7 Å². The van der Waals surface area contributed by atoms with Gasteiger partial charge >= 0.3 is 0 Å². The van der Waals surface area contributed by atoms with E-state index >= 15 is 0 Å². The minimum absolute atomic E-state index is 0.126. The zero-order chi connectivity index (χ0) is 8.97. The Kier molecular flexibility index (Phi) is 3.80. The molecule has 0 aromatic heterocycles. The second kappa shape index (κ2) is 4.66. The third-order valence-corrected chi connectivity index (χ3v) is 3.11. The van der Waals surface area contributed by atoms with Crippen LogP contribution in [-0.2, 0) is 0 Å². The van der Waals surface area contributed by atoms with Gasteiger partial charge in [-0.05, 0) is 31.1 Å². The first-order valence-electron chi connectivity index (χ1n) is 5.06. The number of aliphatic hydroxyl groups is 1. The first-order valence-corrected chi connectivity index (χ1v) is 5.06. The zero-order valence-corrected chi connectivity index (χ0v) is 8.00. The van der Waals surface area contributed by atoms with Gasteiger partial charge in [-0.3, -0.25) is 0 Å². The molecule has 1 fully saturated rings. The number of hydrogen-bond donors (Lipinski definition) is 1. The summed E-state index contributed by atoms with van der Waals surface area (Å²) >= 11 is 0. The van der Waals surface area contributed by atoms with Gasteiger partial charge in [0, 0.05) is 0 Å². The quantitative estimate of drug-likeness (QED) is 0.640. The van der Waals surface area contributed by atoms with Crippen molar-refractivity contribution >= 4 is 0 Å². The van der Waals surface area contributed by atoms with E-state index in [2.05, 4.69) is 13.5 Å². The summed E-state index contributed by atoms with van der Waals surface area (Å²) in [5.41, 5.74) is 0. The van der Waals surface area contributed by atoms with E-state index in [0.29, 0.717) is 5.92 Å². The molecule has 0 spiro atoms. The Bertz CT molecular complexity index is 142. The molecule has 1 N–H and O–H groups in total. The molecule has 0 aromatic carbocycles. The third-order valence-electron chi connectivity index (χ3n) is 3.11. The molecule has 0 amide bonds. The topological polar surface area (TPSA) is 20.2 Å². The number of hydrogen-bond acceptors (Lipinski definition) is 1. The summed E-state index contributed by atoms with van der Waals surface area (Å²) in [4.78, 5) is 0. The van der Waals surface area contributed by atoms with Crippen molar-refractivity contribution < 1.29 is 5.11 Å². The van der Waals surface area contributed by atoms with E-state index < -0.39 is 0 Å². The van der Waals surface area contributed by atoms with Crippen LogP contribution in [0.2, 0.25) is 0 Å². The highest BCUT2D eigenvalue weighted by molar-refractivity contribution is 4.83. The predicted octanol–water partition coefficient (Wildman–Crippen LogP) is 2.75. The van der Waals surface area contributed by atoms with Crippen LogP contribution in [-0.4, -0.2) is 11.2 Å². The van der Waals surface area contributed by atoms with Gasteiger partial charge in [-0.2, -0.15) is 0 Å². The van der Waals surface area contributed by atoms with Gasteiger partial charge < -0.3 is 5.11 Å². The lowest BCUT2D eigenvalue weighted by atomic mass is 9.96. The lowest BCUT2D eigenvalue weighted by Gasteiger charge is -2.16. The van der Waals surface area contributed by atoms with Crippen molar-refractivity contribution in [2.75, 3.05) is 0 Å². The highest BCUT2D eigenvalue weighted by Gasteiger charge is 2.27. The van der Waals surface area contributed by atoms with E-state index in [1.807, 2.05) is 6.08 Å². The second-order valence-corrected chi connectivity index (χ2v) is 3.94. The Morgan fingerprint density at radius 2 is 2.33 bits per heavy atom. The Hall–Kier alpha value is -0.300. The van der Waals surface area contributed by atoms with Crippen LogP contribution < -0.4 is 0 Å². The molecule has 1 heteroatoms. The van der Waals surface area contributed by atoms with Gasteiger partial charge in [0.1, 0.15) is 0 Å². The van der Waals surface area contributed by atoms with Gasteiger partial charge in [-0.1, -0.05) is 25.8 Å². The molecule has 3 atom stereocenters. The van der Waals surface area contributed by atoms with E-state index in [9.17, 15) is 5.11 Å². The monoisotopic (exact) mass is 168 g/mol. The summed E-state index contributed by atoms with van der Waals surface area (Å²) in [6.07, 6.45) is 7.50. The van der Waals surface area contributed by atoms with Crippen molar-refractivity contribution in [1.29, 1.82) is 0 Å². The summed E-state index contributed by atoms with van der Waals surface area (Å²) in [6.45, 7) is 5.89. The van der Waals surface area contributed by atoms with Crippen LogP contribution in [0.25, 0.3) is 0 Å². The van der Waals surface area contributed by atoms with Crippen LogP contribution in [0.5, 0.6) is 0 Å². The summed E-state index contributed by atoms with van der Waals surface area (Å²) in [6, 6.07) is 0. The predicted molar refractivity (Wildman–Crippen MR) is 51.9 cm³/mol. The molecule has 1 saturated carbocycles. The summed E-state index contributed by atoms with van der Waals surface area (Å²) in [5, 5.41) is 9.69. The molecule has 1 aliphatic rings. The fourth-order valence-electron chi connectivity index (χ4n) is 2.20. The fraction of sp³-hybridized carbons (Fsp3) is 0.818. The first-order chi connectivity index (χ1) is 5.77. The fourth-order valence-corrected chi connectivity index (χ4v) is 2.20. The summed E-state index contributed by atoms with van der Waals surface area (Å²) in [7, 11) is 0. The summed E-state index contributed by atoms with van der Waals surface area (Å²) < 4.78 is 0. The van der Waals surface area contributed by atoms with Gasteiger partial charge in [-0.15, -0.1) is 6.58 Å². The van der Waals surface area contributed by atoms with Crippen molar-refractivity contribution in [3.8, 4) is 0 Å². The molecule has 0 bridgehead atoms. The van der Waals surface area contributed by atoms with E-state index in [-0.39, 0.29) is 6.10 Å². The molecular weight excluding hydrogens is 148 g/mol. The van der Waals surface area contributed by atoms with Crippen molar-refractivity contribution in [1.82, 2.24) is 0 Å². The highest BCUT2D eigenvalue weighted by atomic mass is 16.3. The van der Waals surface area contributed by atoms with E-state index in [1.54, 1.807) is 0 Å². The average molecular weight is 168 g/mol. The first kappa shape index (κ1) is 9.79. The molecule has 0 heterocycles. The smallest absolute Gasteiger partial charge is 0.0602 e. The minimum Gasteiger partial charge on any atom is -0.393 e. The maximum atomic E-state index is 9.69. The van der Waals surface area contributed by atoms with Gasteiger partial charge in [-0.25, -0.2) is 0 Å². The van der Waals surface area contributed by atoms with Crippen molar-refractivity contribution in [2.45, 2.75) is 45.1 Å². The highest BCUT2D eigenvalue weighted by Crippen LogP contribution is 2.35. The van der Waals surface area contributed by atoms with Gasteiger partial charge in [0.05, 0.1) is 6.10 Å². The lowest BCUT2D eigenvalue weighted by Crippen LogP contribution is -2.16. The van der Waals surface area contributed by atoms with Crippen LogP contribution in [0, 0.1) is 11.8 Å². The number of rotatable bonds is 4. The molecule has 0 saturated heterocycles. The van der Waals surface area contributed by atoms with Gasteiger partial charge in [0.2, 0.25) is 0 Å². The summed E-state index contributed by atoms with van der Waals surface area (Å²) in [5.74, 6) is 1.42. The molecule has 70 valence electrons. The Morgan fingerprint density at radius 3 is 2.83 bits per heavy atom. The lowest BCUT2D eigenvalue weighted by molar-refractivity contribution is 0.111. The van der Waals surface area contributed by atoms with Crippen LogP contribution in [0.1, 0.15) is 39.0 Å². The average Bonchev–Trinajstić information content (AvgIpc) is 2.52. The Balaban J connectivity index is 2.30. The van der Waals surface area contributed by atoms with E-state index in [0.717, 1.165) is 12.3 Å². The minimum atomic E-state index is -0.126. The number of aliphatic hydroxyl groups excluding tert-OH is 1. The Morgan fingerprint density at radius 1 is 1.58 bits per heavy atom. The molecule has 0 aromatic rings. The van der Waals surface area contributed by atoms with Gasteiger partial charge in [0.25, 0.3) is 0 Å². The van der Waals surface area contributed by atoms with E-state index in [4.69, 9.17) is 0 Å². The molecule has 12 heavy (non-hydrogen) atoms. The normalized spacial score (nSPS) is 31.8. The molecule has 0 radical (unpaired) electrons. The molecular formula is C11H20O. The molecule has 1 nitrogen and oxygen atoms in total.